The zero-order chi connectivity index (χ0) is 5.70. The molecular weight excluding hydrogens is 92.1 g/mol. The van der Waals surface area contributed by atoms with Crippen molar-refractivity contribution in [2.75, 3.05) is 6.61 Å². The number of hydrogen-bond acceptors (Lipinski definition) is 2. The second-order valence-corrected chi connectivity index (χ2v) is 1.36. The molecule has 0 fully saturated rings. The van der Waals surface area contributed by atoms with E-state index in [1.807, 2.05) is 0 Å². The molecule has 2 nitrogen and oxygen atoms in total. The van der Waals surface area contributed by atoms with E-state index in [2.05, 4.69) is 10.8 Å². The summed E-state index contributed by atoms with van der Waals surface area (Å²) in [6.45, 7) is 2.01. The lowest BCUT2D eigenvalue weighted by Gasteiger charge is -1.95. The van der Waals surface area contributed by atoms with Crippen LogP contribution in [-0.2, 0) is 4.89 Å². The van der Waals surface area contributed by atoms with Gasteiger partial charge in [0.15, 0.2) is 0 Å². The molecule has 0 aromatic heterocycles. The lowest BCUT2D eigenvalue weighted by atomic mass is 10.2. The van der Waals surface area contributed by atoms with Crippen LogP contribution in [0.1, 0.15) is 6.92 Å². The third-order valence-electron chi connectivity index (χ3n) is 0.609. The van der Waals surface area contributed by atoms with Gasteiger partial charge in [-0.05, 0) is 6.92 Å². The van der Waals surface area contributed by atoms with Gasteiger partial charge in [0.05, 0.1) is 6.61 Å². The molecule has 0 aliphatic carbocycles. The minimum atomic E-state index is 0.00463. The van der Waals surface area contributed by atoms with Gasteiger partial charge in [0.25, 0.3) is 0 Å². The summed E-state index contributed by atoms with van der Waals surface area (Å²) >= 11 is 0. The van der Waals surface area contributed by atoms with Gasteiger partial charge in [0, 0.05) is 5.92 Å². The maximum Gasteiger partial charge on any atom is 0.0954 e. The molecule has 0 aromatic carbocycles. The van der Waals surface area contributed by atoms with E-state index in [9.17, 15) is 0 Å². The Morgan fingerprint density at radius 2 is 2.57 bits per heavy atom. The third kappa shape index (κ3) is 3.31. The Morgan fingerprint density at radius 3 is 2.71 bits per heavy atom. The van der Waals surface area contributed by atoms with Crippen LogP contribution in [0.2, 0.25) is 0 Å². The molecule has 0 aromatic rings. The van der Waals surface area contributed by atoms with E-state index in [0.717, 1.165) is 0 Å². The van der Waals surface area contributed by atoms with Crippen LogP contribution in [0.3, 0.4) is 0 Å². The molecule has 0 heterocycles. The van der Waals surface area contributed by atoms with Gasteiger partial charge in [-0.25, -0.2) is 4.89 Å². The first-order valence-electron chi connectivity index (χ1n) is 2.03. The summed E-state index contributed by atoms with van der Waals surface area (Å²) < 4.78 is 0. The van der Waals surface area contributed by atoms with E-state index < -0.39 is 0 Å². The van der Waals surface area contributed by atoms with Gasteiger partial charge in [-0.2, -0.15) is 0 Å². The van der Waals surface area contributed by atoms with Crippen LogP contribution in [0, 0.1) is 18.3 Å². The topological polar surface area (TPSA) is 29.5 Å². The molecule has 0 saturated heterocycles. The predicted octanol–water partition coefficient (Wildman–Crippen LogP) is 0.745. The van der Waals surface area contributed by atoms with Gasteiger partial charge in [0.1, 0.15) is 0 Å². The van der Waals surface area contributed by atoms with E-state index in [4.69, 9.17) is 11.7 Å². The van der Waals surface area contributed by atoms with Crippen LogP contribution in [0.25, 0.3) is 0 Å². The average Bonchev–Trinajstić information content (AvgIpc) is 1.68. The molecule has 0 radical (unpaired) electrons. The van der Waals surface area contributed by atoms with Crippen LogP contribution < -0.4 is 0 Å². The van der Waals surface area contributed by atoms with Gasteiger partial charge < -0.3 is 0 Å². The highest BCUT2D eigenvalue weighted by molar-refractivity contribution is 4.89. The van der Waals surface area contributed by atoms with E-state index in [1.165, 1.54) is 0 Å². The molecule has 0 aliphatic rings. The largest absolute Gasteiger partial charge is 0.252 e. The fourth-order valence-corrected chi connectivity index (χ4v) is 0.160. The van der Waals surface area contributed by atoms with Crippen LogP contribution >= 0.6 is 0 Å². The second-order valence-electron chi connectivity index (χ2n) is 1.36. The highest BCUT2D eigenvalue weighted by Gasteiger charge is 1.91. The van der Waals surface area contributed by atoms with Gasteiger partial charge >= 0.3 is 0 Å². The molecule has 1 N–H and O–H groups in total. The molecule has 0 bridgehead atoms. The first kappa shape index (κ1) is 6.48. The normalized spacial score (nSPS) is 12.7. The van der Waals surface area contributed by atoms with Crippen LogP contribution in [0.4, 0.5) is 0 Å². The van der Waals surface area contributed by atoms with Gasteiger partial charge in [-0.15, -0.1) is 12.3 Å². The van der Waals surface area contributed by atoms with Crippen molar-refractivity contribution in [3.05, 3.63) is 0 Å². The number of terminal acetylenes is 1. The standard InChI is InChI=1S/C5H8O2/c1-3-5(2)4-7-6/h1,5-6H,4H2,2H3. The van der Waals surface area contributed by atoms with Gasteiger partial charge in [0.2, 0.25) is 0 Å². The Kier molecular flexibility index (Phi) is 3.39. The average molecular weight is 100 g/mol. The molecule has 0 rings (SSSR count). The Labute approximate surface area is 43.0 Å². The molecule has 1 atom stereocenters. The summed E-state index contributed by atoms with van der Waals surface area (Å²) in [5.41, 5.74) is 0. The summed E-state index contributed by atoms with van der Waals surface area (Å²) in [5, 5.41) is 7.77. The molecule has 0 saturated carbocycles. The highest BCUT2D eigenvalue weighted by atomic mass is 17.1. The summed E-state index contributed by atoms with van der Waals surface area (Å²) in [6.07, 6.45) is 4.92. The van der Waals surface area contributed by atoms with Crippen LogP contribution in [0.5, 0.6) is 0 Å². The fraction of sp³-hybridized carbons (Fsp3) is 0.600. The molecule has 7 heavy (non-hydrogen) atoms. The minimum Gasteiger partial charge on any atom is -0.252 e. The quantitative estimate of drug-likeness (QED) is 0.315. The summed E-state index contributed by atoms with van der Waals surface area (Å²) in [7, 11) is 0. The smallest absolute Gasteiger partial charge is 0.0954 e. The van der Waals surface area contributed by atoms with Crippen LogP contribution in [-0.4, -0.2) is 11.9 Å². The number of rotatable bonds is 2. The van der Waals surface area contributed by atoms with Crippen molar-refractivity contribution < 1.29 is 10.1 Å². The first-order valence-corrected chi connectivity index (χ1v) is 2.03. The zero-order valence-corrected chi connectivity index (χ0v) is 4.22. The predicted molar refractivity (Wildman–Crippen MR) is 26.6 cm³/mol. The molecule has 1 unspecified atom stereocenters. The summed E-state index contributed by atoms with van der Waals surface area (Å²) in [5.74, 6) is 2.39. The van der Waals surface area contributed by atoms with Crippen molar-refractivity contribution in [2.45, 2.75) is 6.92 Å². The molecule has 2 heteroatoms. The zero-order valence-electron chi connectivity index (χ0n) is 4.22. The molecule has 0 aliphatic heterocycles. The lowest BCUT2D eigenvalue weighted by molar-refractivity contribution is -0.246. The lowest BCUT2D eigenvalue weighted by Crippen LogP contribution is -1.99. The summed E-state index contributed by atoms with van der Waals surface area (Å²) in [6, 6.07) is 0. The van der Waals surface area contributed by atoms with Gasteiger partial charge in [-0.1, -0.05) is 0 Å². The van der Waals surface area contributed by atoms with Crippen molar-refractivity contribution >= 4 is 0 Å². The van der Waals surface area contributed by atoms with Crippen LogP contribution in [0.15, 0.2) is 0 Å². The van der Waals surface area contributed by atoms with Gasteiger partial charge in [-0.3, -0.25) is 5.26 Å². The Balaban J connectivity index is 3.04. The second kappa shape index (κ2) is 3.66. The monoisotopic (exact) mass is 100 g/mol. The Hall–Kier alpha value is -0.520. The SMILES string of the molecule is C#CC(C)COO. The van der Waals surface area contributed by atoms with Crippen molar-refractivity contribution in [1.29, 1.82) is 0 Å². The maximum absolute atomic E-state index is 7.77. The first-order chi connectivity index (χ1) is 3.31. The van der Waals surface area contributed by atoms with E-state index in [-0.39, 0.29) is 12.5 Å². The van der Waals surface area contributed by atoms with E-state index >= 15 is 0 Å². The van der Waals surface area contributed by atoms with E-state index in [1.54, 1.807) is 6.92 Å². The number of hydrogen-bond donors (Lipinski definition) is 1. The van der Waals surface area contributed by atoms with E-state index in [0.29, 0.717) is 0 Å². The maximum atomic E-state index is 7.77. The molecular formula is C5H8O2. The highest BCUT2D eigenvalue weighted by Crippen LogP contribution is 1.88. The van der Waals surface area contributed by atoms with Crippen molar-refractivity contribution in [2.24, 2.45) is 5.92 Å². The minimum absolute atomic E-state index is 0.00463. The third-order valence-corrected chi connectivity index (χ3v) is 0.609. The molecule has 0 amide bonds. The summed E-state index contributed by atoms with van der Waals surface area (Å²) in [4.78, 5) is 3.75. The Bertz CT molecular complexity index is 72.6. The molecule has 0 spiro atoms. The Morgan fingerprint density at radius 1 is 2.00 bits per heavy atom. The van der Waals surface area contributed by atoms with Crippen molar-refractivity contribution in [3.63, 3.8) is 0 Å². The molecule has 40 valence electrons. The fourth-order valence-electron chi connectivity index (χ4n) is 0.160. The van der Waals surface area contributed by atoms with Crippen molar-refractivity contribution in [1.82, 2.24) is 0 Å². The van der Waals surface area contributed by atoms with Crippen molar-refractivity contribution in [3.8, 4) is 12.3 Å².